The number of nitrogens with zero attached hydrogens (tertiary/aromatic N) is 2. The fourth-order valence-electron chi connectivity index (χ4n) is 1.74. The van der Waals surface area contributed by atoms with E-state index < -0.39 is 0 Å². The van der Waals surface area contributed by atoms with Gasteiger partial charge in [-0.15, -0.1) is 0 Å². The average Bonchev–Trinajstić information content (AvgIpc) is 2.64. The number of amides is 1. The molecule has 0 aliphatic carbocycles. The number of hydrogen-bond donors (Lipinski definition) is 0. The molecule has 0 radical (unpaired) electrons. The summed E-state index contributed by atoms with van der Waals surface area (Å²) in [5.41, 5.74) is 0.411. The molecule has 15 heavy (non-hydrogen) atoms. The molecule has 0 saturated carbocycles. The Hall–Kier alpha value is -0.840. The van der Waals surface area contributed by atoms with Crippen molar-refractivity contribution in [2.24, 2.45) is 0 Å². The molecule has 1 atom stereocenters. The number of piperidine rings is 1. The van der Waals surface area contributed by atoms with Crippen molar-refractivity contribution in [3.63, 3.8) is 0 Å². The minimum atomic E-state index is -0.0315. The number of aromatic nitrogens is 1. The molecule has 1 aliphatic heterocycles. The van der Waals surface area contributed by atoms with Crippen LogP contribution in [0.1, 0.15) is 29.1 Å². The molecule has 2 rings (SSSR count). The van der Waals surface area contributed by atoms with Crippen LogP contribution in [0.2, 0.25) is 0 Å². The second-order valence-corrected chi connectivity index (χ2v) is 5.11. The van der Waals surface area contributed by atoms with Crippen molar-refractivity contribution in [2.45, 2.75) is 24.6 Å². The molecule has 1 aliphatic rings. The van der Waals surface area contributed by atoms with Crippen molar-refractivity contribution in [1.29, 1.82) is 0 Å². The first-order valence-electron chi connectivity index (χ1n) is 5.03. The van der Waals surface area contributed by atoms with Gasteiger partial charge < -0.3 is 9.42 Å². The summed E-state index contributed by atoms with van der Waals surface area (Å²) in [5.74, 6) is 0.641. The highest BCUT2D eigenvalue weighted by Crippen LogP contribution is 2.18. The Kier molecular flexibility index (Phi) is 3.09. The van der Waals surface area contributed by atoms with E-state index in [1.807, 2.05) is 4.90 Å². The number of alkyl halides is 1. The molecule has 1 amide bonds. The Morgan fingerprint density at radius 1 is 1.73 bits per heavy atom. The zero-order valence-corrected chi connectivity index (χ0v) is 10.2. The standard InChI is InChI=1S/C10H13BrN2O2/c1-7-5-9(12-15-7)10(14)13-4-2-3-8(11)6-13/h5,8H,2-4,6H2,1H3. The highest BCUT2D eigenvalue weighted by molar-refractivity contribution is 9.09. The van der Waals surface area contributed by atoms with Crippen LogP contribution in [0.5, 0.6) is 0 Å². The van der Waals surface area contributed by atoms with E-state index in [2.05, 4.69) is 21.1 Å². The van der Waals surface area contributed by atoms with E-state index in [0.29, 0.717) is 16.3 Å². The van der Waals surface area contributed by atoms with Crippen LogP contribution >= 0.6 is 15.9 Å². The summed E-state index contributed by atoms with van der Waals surface area (Å²) in [6, 6.07) is 1.68. The van der Waals surface area contributed by atoms with Crippen LogP contribution in [0.3, 0.4) is 0 Å². The summed E-state index contributed by atoms with van der Waals surface area (Å²) in [4.78, 5) is 14.2. The number of hydrogen-bond acceptors (Lipinski definition) is 3. The Labute approximate surface area is 96.7 Å². The minimum Gasteiger partial charge on any atom is -0.361 e. The molecule has 2 heterocycles. The summed E-state index contributed by atoms with van der Waals surface area (Å²) in [5, 5.41) is 3.73. The topological polar surface area (TPSA) is 46.3 Å². The molecule has 5 heteroatoms. The van der Waals surface area contributed by atoms with E-state index in [9.17, 15) is 4.79 Å². The Balaban J connectivity index is 2.07. The first-order chi connectivity index (χ1) is 7.16. The van der Waals surface area contributed by atoms with E-state index in [1.54, 1.807) is 13.0 Å². The minimum absolute atomic E-state index is 0.0315. The van der Waals surface area contributed by atoms with Gasteiger partial charge in [0, 0.05) is 24.0 Å². The summed E-state index contributed by atoms with van der Waals surface area (Å²) >= 11 is 3.54. The van der Waals surface area contributed by atoms with Crippen LogP contribution < -0.4 is 0 Å². The maximum absolute atomic E-state index is 11.9. The molecule has 0 N–H and O–H groups in total. The first kappa shape index (κ1) is 10.7. The van der Waals surface area contributed by atoms with Crippen molar-refractivity contribution in [1.82, 2.24) is 10.1 Å². The van der Waals surface area contributed by atoms with Crippen molar-refractivity contribution in [3.05, 3.63) is 17.5 Å². The molecule has 0 aromatic carbocycles. The second-order valence-electron chi connectivity index (χ2n) is 3.81. The Morgan fingerprint density at radius 3 is 3.13 bits per heavy atom. The molecular formula is C10H13BrN2O2. The normalized spacial score (nSPS) is 21.7. The number of likely N-dealkylation sites (tertiary alicyclic amines) is 1. The monoisotopic (exact) mass is 272 g/mol. The van der Waals surface area contributed by atoms with Gasteiger partial charge in [0.25, 0.3) is 5.91 Å². The van der Waals surface area contributed by atoms with E-state index in [-0.39, 0.29) is 5.91 Å². The molecule has 1 fully saturated rings. The smallest absolute Gasteiger partial charge is 0.276 e. The zero-order chi connectivity index (χ0) is 10.8. The average molecular weight is 273 g/mol. The van der Waals surface area contributed by atoms with E-state index in [4.69, 9.17) is 4.52 Å². The van der Waals surface area contributed by atoms with Crippen molar-refractivity contribution < 1.29 is 9.32 Å². The van der Waals surface area contributed by atoms with E-state index >= 15 is 0 Å². The second kappa shape index (κ2) is 4.35. The van der Waals surface area contributed by atoms with Crippen molar-refractivity contribution >= 4 is 21.8 Å². The number of carbonyl (C=O) groups is 1. The van der Waals surface area contributed by atoms with Crippen LogP contribution in [-0.4, -0.2) is 33.9 Å². The van der Waals surface area contributed by atoms with Gasteiger partial charge in [-0.2, -0.15) is 0 Å². The Morgan fingerprint density at radius 2 is 2.53 bits per heavy atom. The van der Waals surface area contributed by atoms with Crippen molar-refractivity contribution in [3.8, 4) is 0 Å². The summed E-state index contributed by atoms with van der Waals surface area (Å²) in [6.45, 7) is 3.35. The van der Waals surface area contributed by atoms with Gasteiger partial charge >= 0.3 is 0 Å². The Bertz CT molecular complexity index is 364. The number of halogens is 1. The SMILES string of the molecule is Cc1cc(C(=O)N2CCCC(Br)C2)no1. The maximum Gasteiger partial charge on any atom is 0.276 e. The molecular weight excluding hydrogens is 260 g/mol. The van der Waals surface area contributed by atoms with Gasteiger partial charge in [-0.3, -0.25) is 4.79 Å². The molecule has 0 bridgehead atoms. The predicted octanol–water partition coefficient (Wildman–Crippen LogP) is 1.98. The number of rotatable bonds is 1. The maximum atomic E-state index is 11.9. The van der Waals surface area contributed by atoms with Crippen LogP contribution in [0.25, 0.3) is 0 Å². The number of carbonyl (C=O) groups excluding carboxylic acids is 1. The molecule has 82 valence electrons. The fourth-order valence-corrected chi connectivity index (χ4v) is 2.41. The lowest BCUT2D eigenvalue weighted by molar-refractivity contribution is 0.0719. The van der Waals surface area contributed by atoms with Gasteiger partial charge in [0.1, 0.15) is 5.76 Å². The van der Waals surface area contributed by atoms with Crippen LogP contribution in [0, 0.1) is 6.92 Å². The summed E-state index contributed by atoms with van der Waals surface area (Å²) in [6.07, 6.45) is 2.17. The predicted molar refractivity (Wildman–Crippen MR) is 59.1 cm³/mol. The third kappa shape index (κ3) is 2.40. The quantitative estimate of drug-likeness (QED) is 0.735. The van der Waals surface area contributed by atoms with E-state index in [1.165, 1.54) is 0 Å². The summed E-state index contributed by atoms with van der Waals surface area (Å²) in [7, 11) is 0. The molecule has 1 saturated heterocycles. The van der Waals surface area contributed by atoms with E-state index in [0.717, 1.165) is 25.9 Å². The molecule has 1 aromatic heterocycles. The van der Waals surface area contributed by atoms with Crippen molar-refractivity contribution in [2.75, 3.05) is 13.1 Å². The molecule has 1 aromatic rings. The zero-order valence-electron chi connectivity index (χ0n) is 8.57. The highest BCUT2D eigenvalue weighted by Gasteiger charge is 2.24. The fraction of sp³-hybridized carbons (Fsp3) is 0.600. The van der Waals surface area contributed by atoms with Crippen LogP contribution in [0.4, 0.5) is 0 Å². The number of aryl methyl sites for hydroxylation is 1. The van der Waals surface area contributed by atoms with Gasteiger partial charge in [0.05, 0.1) is 0 Å². The first-order valence-corrected chi connectivity index (χ1v) is 5.95. The lowest BCUT2D eigenvalue weighted by Gasteiger charge is -2.29. The largest absolute Gasteiger partial charge is 0.361 e. The van der Waals surface area contributed by atoms with Gasteiger partial charge in [-0.05, 0) is 19.8 Å². The highest BCUT2D eigenvalue weighted by atomic mass is 79.9. The van der Waals surface area contributed by atoms with Gasteiger partial charge in [-0.25, -0.2) is 0 Å². The molecule has 1 unspecified atom stereocenters. The van der Waals surface area contributed by atoms with Crippen LogP contribution in [-0.2, 0) is 0 Å². The van der Waals surface area contributed by atoms with Gasteiger partial charge in [0.15, 0.2) is 5.69 Å². The molecule has 4 nitrogen and oxygen atoms in total. The third-order valence-corrected chi connectivity index (χ3v) is 3.25. The third-order valence-electron chi connectivity index (χ3n) is 2.50. The van der Waals surface area contributed by atoms with Crippen LogP contribution in [0.15, 0.2) is 10.6 Å². The molecule has 0 spiro atoms. The van der Waals surface area contributed by atoms with Gasteiger partial charge in [0.2, 0.25) is 0 Å². The lowest BCUT2D eigenvalue weighted by Crippen LogP contribution is -2.40. The summed E-state index contributed by atoms with van der Waals surface area (Å²) < 4.78 is 4.89. The van der Waals surface area contributed by atoms with Gasteiger partial charge in [-0.1, -0.05) is 21.1 Å². The lowest BCUT2D eigenvalue weighted by atomic mass is 10.1.